The van der Waals surface area contributed by atoms with Gasteiger partial charge in [0.2, 0.25) is 0 Å². The van der Waals surface area contributed by atoms with Crippen LogP contribution in [0.4, 0.5) is 0 Å². The van der Waals surface area contributed by atoms with Crippen molar-refractivity contribution in [1.82, 2.24) is 9.97 Å². The van der Waals surface area contributed by atoms with Gasteiger partial charge in [-0.2, -0.15) is 0 Å². The van der Waals surface area contributed by atoms with Gasteiger partial charge >= 0.3 is 0 Å². The first-order valence-electron chi connectivity index (χ1n) is 6.34. The molecule has 0 aliphatic heterocycles. The van der Waals surface area contributed by atoms with E-state index in [0.29, 0.717) is 5.15 Å². The molecular formula is C16H13ClN2O2. The summed E-state index contributed by atoms with van der Waals surface area (Å²) in [5.74, 6) is 1.45. The molecule has 3 rings (SSSR count). The van der Waals surface area contributed by atoms with Crippen molar-refractivity contribution in [2.75, 3.05) is 14.2 Å². The Balaban J connectivity index is 2.13. The number of fused-ring (bicyclic) bond motifs is 1. The van der Waals surface area contributed by atoms with E-state index >= 15 is 0 Å². The van der Waals surface area contributed by atoms with Crippen molar-refractivity contribution < 1.29 is 9.47 Å². The molecule has 106 valence electrons. The van der Waals surface area contributed by atoms with Crippen molar-refractivity contribution in [3.63, 3.8) is 0 Å². The Morgan fingerprint density at radius 3 is 2.10 bits per heavy atom. The number of halogens is 1. The quantitative estimate of drug-likeness (QED) is 0.687. The topological polar surface area (TPSA) is 44.2 Å². The van der Waals surface area contributed by atoms with Gasteiger partial charge in [0.25, 0.3) is 0 Å². The zero-order valence-electron chi connectivity index (χ0n) is 11.6. The third-order valence-electron chi connectivity index (χ3n) is 3.22. The van der Waals surface area contributed by atoms with Crippen LogP contribution >= 0.6 is 11.6 Å². The summed E-state index contributed by atoms with van der Waals surface area (Å²) in [5, 5.41) is 2.39. The number of ether oxygens (including phenoxy) is 2. The zero-order chi connectivity index (χ0) is 14.8. The maximum Gasteiger partial charge on any atom is 0.129 e. The number of methoxy groups -OCH3 is 2. The molecule has 3 aromatic rings. The van der Waals surface area contributed by atoms with E-state index in [0.717, 1.165) is 33.5 Å². The molecule has 4 nitrogen and oxygen atoms in total. The maximum atomic E-state index is 5.88. The van der Waals surface area contributed by atoms with Gasteiger partial charge in [-0.25, -0.2) is 4.98 Å². The lowest BCUT2D eigenvalue weighted by molar-refractivity contribution is 0.394. The fourth-order valence-corrected chi connectivity index (χ4v) is 2.29. The smallest absolute Gasteiger partial charge is 0.129 e. The summed E-state index contributed by atoms with van der Waals surface area (Å²) in [6, 6.07) is 9.42. The van der Waals surface area contributed by atoms with Crippen LogP contribution in [-0.4, -0.2) is 24.2 Å². The molecule has 0 radical (unpaired) electrons. The SMILES string of the molecule is COc1cc(OC)cc(-c2cc3cnc(Cl)cc3cn2)c1. The van der Waals surface area contributed by atoms with E-state index in [1.807, 2.05) is 24.3 Å². The monoisotopic (exact) mass is 300 g/mol. The second kappa shape index (κ2) is 5.58. The largest absolute Gasteiger partial charge is 0.497 e. The third-order valence-corrected chi connectivity index (χ3v) is 3.42. The number of hydrogen-bond acceptors (Lipinski definition) is 4. The minimum atomic E-state index is 0.458. The molecule has 0 unspecified atom stereocenters. The highest BCUT2D eigenvalue weighted by Crippen LogP contribution is 2.30. The molecule has 0 aliphatic rings. The summed E-state index contributed by atoms with van der Waals surface area (Å²) >= 11 is 5.88. The molecule has 0 spiro atoms. The van der Waals surface area contributed by atoms with Crippen molar-refractivity contribution >= 4 is 22.4 Å². The molecule has 0 fully saturated rings. The van der Waals surface area contributed by atoms with E-state index in [9.17, 15) is 0 Å². The summed E-state index contributed by atoms with van der Waals surface area (Å²) in [7, 11) is 3.25. The molecule has 21 heavy (non-hydrogen) atoms. The number of rotatable bonds is 3. The van der Waals surface area contributed by atoms with E-state index in [1.54, 1.807) is 32.7 Å². The van der Waals surface area contributed by atoms with Crippen LogP contribution in [0.5, 0.6) is 11.5 Å². The molecule has 0 bridgehead atoms. The summed E-state index contributed by atoms with van der Waals surface area (Å²) in [5.41, 5.74) is 1.74. The first-order valence-corrected chi connectivity index (χ1v) is 6.72. The molecule has 2 aromatic heterocycles. The van der Waals surface area contributed by atoms with E-state index in [1.165, 1.54) is 0 Å². The number of aromatic nitrogens is 2. The summed E-state index contributed by atoms with van der Waals surface area (Å²) in [6.45, 7) is 0. The van der Waals surface area contributed by atoms with Crippen LogP contribution in [0, 0.1) is 0 Å². The highest BCUT2D eigenvalue weighted by Gasteiger charge is 2.07. The third kappa shape index (κ3) is 2.76. The van der Waals surface area contributed by atoms with Gasteiger partial charge in [0.05, 0.1) is 19.9 Å². The average Bonchev–Trinajstić information content (AvgIpc) is 2.53. The van der Waals surface area contributed by atoms with Gasteiger partial charge in [-0.05, 0) is 24.3 Å². The lowest BCUT2D eigenvalue weighted by Crippen LogP contribution is -1.90. The van der Waals surface area contributed by atoms with E-state index in [-0.39, 0.29) is 0 Å². The lowest BCUT2D eigenvalue weighted by atomic mass is 10.1. The number of benzene rings is 1. The van der Waals surface area contributed by atoms with Gasteiger partial charge in [0.15, 0.2) is 0 Å². The van der Waals surface area contributed by atoms with Gasteiger partial charge in [-0.1, -0.05) is 11.6 Å². The molecule has 2 heterocycles. The Labute approximate surface area is 127 Å². The molecule has 0 N–H and O–H groups in total. The minimum absolute atomic E-state index is 0.458. The van der Waals surface area contributed by atoms with Crippen LogP contribution in [0.3, 0.4) is 0 Å². The lowest BCUT2D eigenvalue weighted by Gasteiger charge is -2.09. The first kappa shape index (κ1) is 13.6. The van der Waals surface area contributed by atoms with Crippen LogP contribution < -0.4 is 9.47 Å². The number of pyridine rings is 2. The van der Waals surface area contributed by atoms with Crippen LogP contribution in [0.25, 0.3) is 22.0 Å². The van der Waals surface area contributed by atoms with Crippen molar-refractivity contribution in [3.05, 3.63) is 47.9 Å². The molecule has 0 amide bonds. The van der Waals surface area contributed by atoms with E-state index < -0.39 is 0 Å². The summed E-state index contributed by atoms with van der Waals surface area (Å²) < 4.78 is 10.6. The molecular weight excluding hydrogens is 288 g/mol. The predicted molar refractivity (Wildman–Crippen MR) is 83.1 cm³/mol. The van der Waals surface area contributed by atoms with Crippen molar-refractivity contribution in [2.24, 2.45) is 0 Å². The number of hydrogen-bond donors (Lipinski definition) is 0. The standard InChI is InChI=1S/C16H13ClN2O2/c1-20-13-3-10(4-14(7-13)21-2)15-5-11-9-19-16(17)6-12(11)8-18-15/h3-9H,1-2H3. The van der Waals surface area contributed by atoms with Crippen LogP contribution in [-0.2, 0) is 0 Å². The predicted octanol–water partition coefficient (Wildman–Crippen LogP) is 3.97. The van der Waals surface area contributed by atoms with Gasteiger partial charge in [0, 0.05) is 34.8 Å². The molecule has 1 aromatic carbocycles. The molecule has 0 aliphatic carbocycles. The van der Waals surface area contributed by atoms with Crippen LogP contribution in [0.1, 0.15) is 0 Å². The summed E-state index contributed by atoms with van der Waals surface area (Å²) in [4.78, 5) is 8.57. The second-order valence-corrected chi connectivity index (χ2v) is 4.91. The Morgan fingerprint density at radius 2 is 1.43 bits per heavy atom. The van der Waals surface area contributed by atoms with Gasteiger partial charge in [0.1, 0.15) is 16.7 Å². The average molecular weight is 301 g/mol. The van der Waals surface area contributed by atoms with Crippen LogP contribution in [0.2, 0.25) is 5.15 Å². The highest BCUT2D eigenvalue weighted by molar-refractivity contribution is 6.30. The Hall–Kier alpha value is -2.33. The number of nitrogens with zero attached hydrogens (tertiary/aromatic N) is 2. The van der Waals surface area contributed by atoms with Crippen molar-refractivity contribution in [2.45, 2.75) is 0 Å². The molecule has 0 saturated heterocycles. The molecule has 0 atom stereocenters. The summed E-state index contributed by atoms with van der Waals surface area (Å²) in [6.07, 6.45) is 3.52. The Bertz CT molecular complexity index is 783. The maximum absolute atomic E-state index is 5.88. The van der Waals surface area contributed by atoms with Gasteiger partial charge in [-0.3, -0.25) is 4.98 Å². The normalized spacial score (nSPS) is 10.6. The molecule has 5 heteroatoms. The Kier molecular flexibility index (Phi) is 3.62. The zero-order valence-corrected chi connectivity index (χ0v) is 12.4. The van der Waals surface area contributed by atoms with Gasteiger partial charge in [-0.15, -0.1) is 0 Å². The fourth-order valence-electron chi connectivity index (χ4n) is 2.12. The first-order chi connectivity index (χ1) is 10.2. The second-order valence-electron chi connectivity index (χ2n) is 4.53. The van der Waals surface area contributed by atoms with Gasteiger partial charge < -0.3 is 9.47 Å². The van der Waals surface area contributed by atoms with E-state index in [4.69, 9.17) is 21.1 Å². The fraction of sp³-hybridized carbons (Fsp3) is 0.125. The van der Waals surface area contributed by atoms with Crippen LogP contribution in [0.15, 0.2) is 42.7 Å². The minimum Gasteiger partial charge on any atom is -0.497 e. The van der Waals surface area contributed by atoms with Crippen molar-refractivity contribution in [1.29, 1.82) is 0 Å². The van der Waals surface area contributed by atoms with E-state index in [2.05, 4.69) is 9.97 Å². The Morgan fingerprint density at radius 1 is 0.810 bits per heavy atom. The van der Waals surface area contributed by atoms with Crippen molar-refractivity contribution in [3.8, 4) is 22.8 Å². The highest BCUT2D eigenvalue weighted by atomic mass is 35.5. The molecule has 0 saturated carbocycles.